The molecule has 0 radical (unpaired) electrons. The van der Waals surface area contributed by atoms with Gasteiger partial charge >= 0.3 is 6.03 Å². The number of aliphatic hydroxyl groups is 1. The van der Waals surface area contributed by atoms with E-state index in [1.54, 1.807) is 0 Å². The Bertz CT molecular complexity index is 1090. The molecule has 0 spiro atoms. The van der Waals surface area contributed by atoms with Crippen molar-refractivity contribution in [3.8, 4) is 0 Å². The van der Waals surface area contributed by atoms with Crippen LogP contribution < -0.4 is 15.4 Å². The number of nitrogens with zero attached hydrogens (tertiary/aromatic N) is 1. The molecule has 0 saturated heterocycles. The summed E-state index contributed by atoms with van der Waals surface area (Å²) in [6.07, 6.45) is 4.76. The van der Waals surface area contributed by atoms with Gasteiger partial charge in [0.2, 0.25) is 6.35 Å². The van der Waals surface area contributed by atoms with E-state index in [2.05, 4.69) is 25.8 Å². The molecule has 2 aliphatic carbocycles. The molecule has 2 heterocycles. The van der Waals surface area contributed by atoms with Crippen LogP contribution in [0.1, 0.15) is 35.1 Å². The zero-order valence-electron chi connectivity index (χ0n) is 14.9. The highest BCUT2D eigenvalue weighted by Gasteiger charge is 2.31. The van der Waals surface area contributed by atoms with Crippen molar-refractivity contribution in [1.29, 1.82) is 0 Å². The molecule has 10 heteroatoms. The largest absolute Gasteiger partial charge is 0.355 e. The highest BCUT2D eigenvalue weighted by Crippen LogP contribution is 2.40. The van der Waals surface area contributed by atoms with Gasteiger partial charge in [-0.2, -0.15) is 4.36 Å². The fourth-order valence-electron chi connectivity index (χ4n) is 4.32. The Balaban J connectivity index is 1.53. The number of thiophene rings is 1. The van der Waals surface area contributed by atoms with Crippen molar-refractivity contribution < 1.29 is 14.1 Å². The van der Waals surface area contributed by atoms with Gasteiger partial charge in [-0.05, 0) is 66.8 Å². The van der Waals surface area contributed by atoms with Crippen molar-refractivity contribution in [3.05, 3.63) is 38.7 Å². The first-order valence-electron chi connectivity index (χ1n) is 9.18. The minimum absolute atomic E-state index is 0.307. The Labute approximate surface area is 171 Å². The average molecular weight is 439 g/mol. The normalized spacial score (nSPS) is 23.3. The Hall–Kier alpha value is -1.81. The van der Waals surface area contributed by atoms with Crippen molar-refractivity contribution in [2.24, 2.45) is 4.36 Å². The molecule has 1 aliphatic heterocycles. The first-order chi connectivity index (χ1) is 13.4. The molecule has 148 valence electrons. The highest BCUT2D eigenvalue weighted by atomic mass is 35.5. The number of carbonyl (C=O) groups excluding carboxylic acids is 1. The molecule has 3 aliphatic rings. The van der Waals surface area contributed by atoms with Crippen LogP contribution in [0.25, 0.3) is 0 Å². The number of nitrogens with one attached hydrogen (secondary N) is 3. The summed E-state index contributed by atoms with van der Waals surface area (Å²) in [4.78, 5) is 11.9. The second-order valence-electron chi connectivity index (χ2n) is 7.19. The SMILES string of the molecule is O=C1Nc2cc(Cl)sc2S(=O)(=NC(O)Nc2c3c(cc4c2CCC4)CCC3)N1. The topological polar surface area (TPSA) is 103 Å². The summed E-state index contributed by atoms with van der Waals surface area (Å²) in [6.45, 7) is 0. The van der Waals surface area contributed by atoms with Gasteiger partial charge in [0.1, 0.15) is 4.21 Å². The molecule has 2 aromatic rings. The molecule has 0 fully saturated rings. The molecule has 7 nitrogen and oxygen atoms in total. The van der Waals surface area contributed by atoms with E-state index in [4.69, 9.17) is 11.6 Å². The summed E-state index contributed by atoms with van der Waals surface area (Å²) in [5, 5.41) is 16.3. The molecular formula is C18H19ClN4O3S2. The van der Waals surface area contributed by atoms with Gasteiger partial charge in [-0.25, -0.2) is 13.7 Å². The number of anilines is 2. The molecule has 1 aromatic heterocycles. The summed E-state index contributed by atoms with van der Waals surface area (Å²) in [5.41, 5.74) is 6.37. The Morgan fingerprint density at radius 2 is 1.86 bits per heavy atom. The molecule has 0 bridgehead atoms. The molecule has 2 unspecified atom stereocenters. The smallest absolute Gasteiger partial charge is 0.332 e. The van der Waals surface area contributed by atoms with Crippen molar-refractivity contribution in [2.75, 3.05) is 10.6 Å². The quantitative estimate of drug-likeness (QED) is 0.549. The maximum Gasteiger partial charge on any atom is 0.332 e. The molecule has 28 heavy (non-hydrogen) atoms. The second kappa shape index (κ2) is 6.62. The second-order valence-corrected chi connectivity index (χ2v) is 11.0. The third-order valence-corrected chi connectivity index (χ3v) is 9.06. The van der Waals surface area contributed by atoms with Crippen LogP contribution in [0, 0.1) is 0 Å². The van der Waals surface area contributed by atoms with Gasteiger partial charge in [0.25, 0.3) is 0 Å². The van der Waals surface area contributed by atoms with E-state index in [0.717, 1.165) is 55.5 Å². The van der Waals surface area contributed by atoms with Crippen LogP contribution in [0.3, 0.4) is 0 Å². The van der Waals surface area contributed by atoms with Crippen LogP contribution in [0.5, 0.6) is 0 Å². The van der Waals surface area contributed by atoms with Gasteiger partial charge < -0.3 is 15.7 Å². The minimum Gasteiger partial charge on any atom is -0.355 e. The van der Waals surface area contributed by atoms with Crippen LogP contribution in [-0.2, 0) is 35.6 Å². The molecule has 4 N–H and O–H groups in total. The zero-order chi connectivity index (χ0) is 19.5. The van der Waals surface area contributed by atoms with E-state index < -0.39 is 22.3 Å². The maximum absolute atomic E-state index is 13.3. The average Bonchev–Trinajstić information content (AvgIpc) is 3.32. The van der Waals surface area contributed by atoms with Crippen LogP contribution in [-0.4, -0.2) is 21.7 Å². The van der Waals surface area contributed by atoms with Gasteiger partial charge in [0, 0.05) is 5.69 Å². The predicted octanol–water partition coefficient (Wildman–Crippen LogP) is 3.64. The molecule has 2 amide bonds. The van der Waals surface area contributed by atoms with Crippen LogP contribution in [0.2, 0.25) is 4.34 Å². The lowest BCUT2D eigenvalue weighted by molar-refractivity contribution is 0.215. The standard InChI is InChI=1S/C18H19ClN4O3S2/c19-14-8-13-16(27-14)28(26,22-17(24)20-13)23-18(25)21-15-11-5-1-3-9(11)7-10-4-2-6-12(10)15/h7-8,18,21,25H,1-6H2,(H2,20,22,23,24,26). The number of aryl methyl sites for hydroxylation is 2. The number of fused-ring (bicyclic) bond motifs is 3. The highest BCUT2D eigenvalue weighted by molar-refractivity contribution is 7.94. The van der Waals surface area contributed by atoms with E-state index in [1.165, 1.54) is 28.3 Å². The van der Waals surface area contributed by atoms with E-state index in [0.29, 0.717) is 14.2 Å². The third-order valence-electron chi connectivity index (χ3n) is 5.39. The van der Waals surface area contributed by atoms with Crippen LogP contribution in [0.15, 0.2) is 20.7 Å². The van der Waals surface area contributed by atoms with Gasteiger partial charge in [-0.1, -0.05) is 17.7 Å². The van der Waals surface area contributed by atoms with Gasteiger partial charge in [-0.3, -0.25) is 0 Å². The minimum atomic E-state index is -3.34. The van der Waals surface area contributed by atoms with Crippen molar-refractivity contribution >= 4 is 50.3 Å². The number of halogens is 1. The molecule has 5 rings (SSSR count). The maximum atomic E-state index is 13.3. The molecule has 1 aromatic carbocycles. The van der Waals surface area contributed by atoms with Crippen LogP contribution >= 0.6 is 22.9 Å². The fourth-order valence-corrected chi connectivity index (χ4v) is 7.63. The number of benzene rings is 1. The van der Waals surface area contributed by atoms with Gasteiger partial charge in [0.05, 0.1) is 10.0 Å². The van der Waals surface area contributed by atoms with Crippen LogP contribution in [0.4, 0.5) is 16.2 Å². The van der Waals surface area contributed by atoms with E-state index >= 15 is 0 Å². The summed E-state index contributed by atoms with van der Waals surface area (Å²) in [7, 11) is -3.34. The number of hydrogen-bond donors (Lipinski definition) is 4. The van der Waals surface area contributed by atoms with Crippen molar-refractivity contribution in [3.63, 3.8) is 0 Å². The number of urea groups is 1. The third kappa shape index (κ3) is 2.97. The molecule has 0 saturated carbocycles. The number of rotatable bonds is 3. The lowest BCUT2D eigenvalue weighted by atomic mass is 9.99. The Morgan fingerprint density at radius 1 is 1.18 bits per heavy atom. The van der Waals surface area contributed by atoms with E-state index in [1.807, 2.05) is 0 Å². The fraction of sp³-hybridized carbons (Fsp3) is 0.389. The van der Waals surface area contributed by atoms with Gasteiger partial charge in [0.15, 0.2) is 9.92 Å². The number of amides is 2. The lowest BCUT2D eigenvalue weighted by Crippen LogP contribution is -2.39. The Kier molecular flexibility index (Phi) is 4.31. The van der Waals surface area contributed by atoms with E-state index in [-0.39, 0.29) is 0 Å². The summed E-state index contributed by atoms with van der Waals surface area (Å²) < 4.78 is 20.4. The zero-order valence-corrected chi connectivity index (χ0v) is 17.3. The summed E-state index contributed by atoms with van der Waals surface area (Å²) >= 11 is 7.08. The summed E-state index contributed by atoms with van der Waals surface area (Å²) in [5.74, 6) is 0. The van der Waals surface area contributed by atoms with E-state index in [9.17, 15) is 14.1 Å². The monoisotopic (exact) mass is 438 g/mol. The number of aliphatic hydroxyl groups excluding tert-OH is 1. The number of carbonyl (C=O) groups is 1. The first-order valence-corrected chi connectivity index (χ1v) is 11.9. The first kappa shape index (κ1) is 18.2. The van der Waals surface area contributed by atoms with Gasteiger partial charge in [-0.15, -0.1) is 11.3 Å². The van der Waals surface area contributed by atoms with Crippen molar-refractivity contribution in [1.82, 2.24) is 4.72 Å². The summed E-state index contributed by atoms with van der Waals surface area (Å²) in [6, 6.07) is 3.20. The van der Waals surface area contributed by atoms with Crippen molar-refractivity contribution in [2.45, 2.75) is 49.1 Å². The molecular weight excluding hydrogens is 420 g/mol. The number of hydrogen-bond acceptors (Lipinski definition) is 6. The molecule has 2 atom stereocenters. The Morgan fingerprint density at radius 3 is 2.54 bits per heavy atom. The lowest BCUT2D eigenvalue weighted by Gasteiger charge is -2.22. The predicted molar refractivity (Wildman–Crippen MR) is 110 cm³/mol.